The van der Waals surface area contributed by atoms with Gasteiger partial charge in [-0.2, -0.15) is 10.2 Å². The average molecular weight is 546 g/mol. The lowest BCUT2D eigenvalue weighted by Gasteiger charge is -2.68. The molecule has 3 fully saturated rings. The maximum Gasteiger partial charge on any atom is 0.233 e. The summed E-state index contributed by atoms with van der Waals surface area (Å²) in [4.78, 5) is 32.7. The molecule has 0 aliphatic heterocycles. The van der Waals surface area contributed by atoms with E-state index in [0.29, 0.717) is 11.7 Å². The zero-order chi connectivity index (χ0) is 29.1. The van der Waals surface area contributed by atoms with Crippen molar-refractivity contribution in [1.29, 1.82) is 5.26 Å². The third-order valence-electron chi connectivity index (χ3n) is 13.0. The highest BCUT2D eigenvalue weighted by molar-refractivity contribution is 6.05. The van der Waals surface area contributed by atoms with Crippen LogP contribution in [0.25, 0.3) is 0 Å². The Hall–Kier alpha value is -2.59. The summed E-state index contributed by atoms with van der Waals surface area (Å²) in [5, 5.41) is 24.6. The van der Waals surface area contributed by atoms with Gasteiger partial charge in [-0.3, -0.25) is 9.59 Å². The van der Waals surface area contributed by atoms with Gasteiger partial charge in [0.25, 0.3) is 0 Å². The van der Waals surface area contributed by atoms with E-state index in [1.165, 1.54) is 0 Å². The van der Waals surface area contributed by atoms with Crippen molar-refractivity contribution in [3.05, 3.63) is 35.0 Å². The number of nitriles is 1. The van der Waals surface area contributed by atoms with Gasteiger partial charge in [-0.15, -0.1) is 0 Å². The summed E-state index contributed by atoms with van der Waals surface area (Å²) in [5.74, 6) is 0.919. The summed E-state index contributed by atoms with van der Waals surface area (Å²) in [7, 11) is 0. The van der Waals surface area contributed by atoms with E-state index in [1.54, 1.807) is 6.92 Å². The predicted octanol–water partition coefficient (Wildman–Crippen LogP) is 5.82. The first-order chi connectivity index (χ1) is 18.6. The number of aryl methyl sites for hydroxylation is 1. The van der Waals surface area contributed by atoms with E-state index >= 15 is 0 Å². The number of aromatic nitrogens is 2. The number of aliphatic hydroxyl groups excluding tert-OH is 1. The van der Waals surface area contributed by atoms with Crippen LogP contribution in [-0.4, -0.2) is 33.4 Å². The molecular formula is C33H43N3O4. The molecule has 0 radical (unpaired) electrons. The Balaban J connectivity index is 1.54. The molecule has 1 aromatic rings. The molecule has 6 rings (SSSR count). The van der Waals surface area contributed by atoms with Crippen LogP contribution in [0.5, 0.6) is 0 Å². The van der Waals surface area contributed by atoms with Gasteiger partial charge in [0.05, 0.1) is 23.0 Å². The summed E-state index contributed by atoms with van der Waals surface area (Å²) in [6.45, 7) is 14.7. The molecule has 0 amide bonds. The Morgan fingerprint density at radius 2 is 1.77 bits per heavy atom. The summed E-state index contributed by atoms with van der Waals surface area (Å²) in [5.41, 5.74) is -1.40. The molecule has 3 unspecified atom stereocenters. The fourth-order valence-corrected chi connectivity index (χ4v) is 10.5. The molecule has 5 aliphatic carbocycles. The number of aliphatic hydroxyl groups is 1. The normalized spacial score (nSPS) is 45.7. The van der Waals surface area contributed by atoms with Gasteiger partial charge in [-0.05, 0) is 93.0 Å². The van der Waals surface area contributed by atoms with Crippen molar-refractivity contribution in [2.24, 2.45) is 44.8 Å². The third kappa shape index (κ3) is 3.20. The lowest BCUT2D eigenvalue weighted by atomic mass is 9.34. The number of fused-ring (bicyclic) bond motifs is 7. The molecule has 0 spiro atoms. The van der Waals surface area contributed by atoms with Gasteiger partial charge < -0.3 is 9.63 Å². The molecule has 5 aliphatic rings. The van der Waals surface area contributed by atoms with Gasteiger partial charge in [0, 0.05) is 11.3 Å². The molecule has 1 heterocycles. The van der Waals surface area contributed by atoms with Gasteiger partial charge in [0.2, 0.25) is 5.89 Å². The van der Waals surface area contributed by atoms with Crippen molar-refractivity contribution < 1.29 is 19.2 Å². The van der Waals surface area contributed by atoms with Crippen LogP contribution in [0, 0.1) is 63.1 Å². The SMILES string of the molecule is Cc1noc([C@]23CCC(C)(C)CC2C2C(=O)C=C4[C@@]5(C)C=C(C#N)C(=O)[C@@](C)(CO)C5CC[C@@]4(C)[C@]2(C)CC3)n1. The number of hydrogen-bond donors (Lipinski definition) is 1. The summed E-state index contributed by atoms with van der Waals surface area (Å²) < 4.78 is 5.89. The molecule has 7 heteroatoms. The Morgan fingerprint density at radius 1 is 1.07 bits per heavy atom. The topological polar surface area (TPSA) is 117 Å². The largest absolute Gasteiger partial charge is 0.395 e. The second-order valence-corrected chi connectivity index (χ2v) is 15.4. The number of Topliss-reactive ketones (excluding diaryl/α,β-unsaturated/α-hetero) is 1. The van der Waals surface area contributed by atoms with Crippen LogP contribution in [0.3, 0.4) is 0 Å². The van der Waals surface area contributed by atoms with Crippen LogP contribution in [-0.2, 0) is 15.0 Å². The van der Waals surface area contributed by atoms with E-state index in [4.69, 9.17) is 9.51 Å². The molecule has 0 aromatic carbocycles. The number of carbonyl (C=O) groups excluding carboxylic acids is 2. The summed E-state index contributed by atoms with van der Waals surface area (Å²) in [6.07, 6.45) is 9.98. The standard InChI is InChI=1S/C33H43N3O4/c1-19-35-27(40-36-19)33-12-10-28(2,3)16-21(33)25-22(38)14-24-29(4)15-20(17-34)26(39)30(5,18-37)23(29)8-9-31(24,6)32(25,7)11-13-33/h14-15,21,23,25,37H,8-13,16,18H2,1-7H3/t21?,23?,25?,29-,30-,31+,32+,33-/m0/s1. The molecule has 214 valence electrons. The van der Waals surface area contributed by atoms with Crippen LogP contribution < -0.4 is 0 Å². The Morgan fingerprint density at radius 3 is 2.40 bits per heavy atom. The number of hydrogen-bond acceptors (Lipinski definition) is 7. The predicted molar refractivity (Wildman–Crippen MR) is 149 cm³/mol. The molecular weight excluding hydrogens is 502 g/mol. The highest BCUT2D eigenvalue weighted by Gasteiger charge is 2.71. The van der Waals surface area contributed by atoms with E-state index in [2.05, 4.69) is 45.8 Å². The van der Waals surface area contributed by atoms with Gasteiger partial charge in [-0.25, -0.2) is 0 Å². The number of carbonyl (C=O) groups is 2. The van der Waals surface area contributed by atoms with Crippen LogP contribution in [0.4, 0.5) is 0 Å². The van der Waals surface area contributed by atoms with Crippen LogP contribution in [0.15, 0.2) is 27.8 Å². The number of rotatable bonds is 2. The zero-order valence-corrected chi connectivity index (χ0v) is 25.1. The van der Waals surface area contributed by atoms with Crippen LogP contribution >= 0.6 is 0 Å². The Kier molecular flexibility index (Phi) is 5.68. The van der Waals surface area contributed by atoms with Crippen molar-refractivity contribution in [2.75, 3.05) is 6.61 Å². The lowest BCUT2D eigenvalue weighted by Crippen LogP contribution is -2.66. The quantitative estimate of drug-likeness (QED) is 0.497. The van der Waals surface area contributed by atoms with Gasteiger partial charge in [0.1, 0.15) is 6.07 Å². The highest BCUT2D eigenvalue weighted by Crippen LogP contribution is 2.74. The molecule has 8 atom stereocenters. The van der Waals surface area contributed by atoms with Crippen LogP contribution in [0.2, 0.25) is 0 Å². The van der Waals surface area contributed by atoms with E-state index in [1.807, 2.05) is 19.1 Å². The van der Waals surface area contributed by atoms with Gasteiger partial charge >= 0.3 is 0 Å². The summed E-state index contributed by atoms with van der Waals surface area (Å²) >= 11 is 0. The minimum absolute atomic E-state index is 0.0864. The van der Waals surface area contributed by atoms with E-state index in [9.17, 15) is 20.0 Å². The monoisotopic (exact) mass is 545 g/mol. The van der Waals surface area contributed by atoms with Gasteiger partial charge in [-0.1, -0.05) is 51.4 Å². The lowest BCUT2D eigenvalue weighted by molar-refractivity contribution is -0.163. The smallest absolute Gasteiger partial charge is 0.233 e. The van der Waals surface area contributed by atoms with E-state index < -0.39 is 10.8 Å². The maximum absolute atomic E-state index is 14.6. The van der Waals surface area contributed by atoms with Crippen molar-refractivity contribution in [1.82, 2.24) is 10.1 Å². The molecule has 1 aromatic heterocycles. The molecule has 1 N–H and O–H groups in total. The molecule has 7 nitrogen and oxygen atoms in total. The first-order valence-corrected chi connectivity index (χ1v) is 15.0. The fourth-order valence-electron chi connectivity index (χ4n) is 10.5. The minimum Gasteiger partial charge on any atom is -0.395 e. The van der Waals surface area contributed by atoms with Crippen LogP contribution in [0.1, 0.15) is 98.2 Å². The minimum atomic E-state index is -1.05. The summed E-state index contributed by atoms with van der Waals surface area (Å²) in [6, 6.07) is 2.12. The Bertz CT molecular complexity index is 1410. The Labute approximate surface area is 237 Å². The van der Waals surface area contributed by atoms with E-state index in [0.717, 1.165) is 50.5 Å². The maximum atomic E-state index is 14.6. The number of nitrogens with zero attached hydrogens (tertiary/aromatic N) is 3. The molecule has 3 saturated carbocycles. The van der Waals surface area contributed by atoms with E-state index in [-0.39, 0.29) is 63.2 Å². The number of allylic oxidation sites excluding steroid dienone is 4. The zero-order valence-electron chi connectivity index (χ0n) is 25.1. The van der Waals surface area contributed by atoms with Crippen molar-refractivity contribution in [3.63, 3.8) is 0 Å². The number of ketones is 2. The first-order valence-electron chi connectivity index (χ1n) is 15.0. The van der Waals surface area contributed by atoms with Crippen molar-refractivity contribution in [3.8, 4) is 6.07 Å². The average Bonchev–Trinajstić information content (AvgIpc) is 3.34. The third-order valence-corrected chi connectivity index (χ3v) is 13.0. The molecule has 0 saturated heterocycles. The fraction of sp³-hybridized carbons (Fsp3) is 0.727. The molecule has 0 bridgehead atoms. The second-order valence-electron chi connectivity index (χ2n) is 15.4. The highest BCUT2D eigenvalue weighted by atomic mass is 16.5. The van der Waals surface area contributed by atoms with Crippen molar-refractivity contribution in [2.45, 2.75) is 98.8 Å². The van der Waals surface area contributed by atoms with Gasteiger partial charge in [0.15, 0.2) is 17.4 Å². The van der Waals surface area contributed by atoms with Crippen molar-refractivity contribution >= 4 is 11.6 Å². The first kappa shape index (κ1) is 27.6. The second kappa shape index (κ2) is 8.25. The molecule has 40 heavy (non-hydrogen) atoms.